The summed E-state index contributed by atoms with van der Waals surface area (Å²) in [5, 5.41) is 6.13. The van der Waals surface area contributed by atoms with Crippen LogP contribution in [0.15, 0.2) is 30.3 Å². The lowest BCUT2D eigenvalue weighted by Gasteiger charge is -2.12. The summed E-state index contributed by atoms with van der Waals surface area (Å²) < 4.78 is 5.36. The smallest absolute Gasteiger partial charge is 0.270 e. The van der Waals surface area contributed by atoms with Crippen LogP contribution in [0, 0.1) is 6.92 Å². The van der Waals surface area contributed by atoms with E-state index < -0.39 is 0 Å². The predicted molar refractivity (Wildman–Crippen MR) is 103 cm³/mol. The molecule has 2 rings (SSSR count). The molecular weight excluding hydrogens is 330 g/mol. The fourth-order valence-electron chi connectivity index (χ4n) is 2.49. The van der Waals surface area contributed by atoms with Crippen LogP contribution in [0.5, 0.6) is 5.75 Å². The summed E-state index contributed by atoms with van der Waals surface area (Å²) >= 11 is 0. The van der Waals surface area contributed by atoms with Gasteiger partial charge in [-0.25, -0.2) is 9.97 Å². The maximum Gasteiger partial charge on any atom is 0.270 e. The van der Waals surface area contributed by atoms with Crippen molar-refractivity contribution in [1.29, 1.82) is 0 Å². The number of ether oxygens (including phenoxy) is 1. The second-order valence-corrected chi connectivity index (χ2v) is 6.23. The van der Waals surface area contributed by atoms with Gasteiger partial charge in [0, 0.05) is 25.7 Å². The highest BCUT2D eigenvalue weighted by Gasteiger charge is 2.10. The Kier molecular flexibility index (Phi) is 7.35. The number of carbonyl (C=O) groups is 1. The molecule has 0 radical (unpaired) electrons. The zero-order chi connectivity index (χ0) is 18.9. The molecule has 1 aromatic carbocycles. The van der Waals surface area contributed by atoms with Gasteiger partial charge in [-0.3, -0.25) is 4.79 Å². The Bertz CT molecular complexity index is 734. The van der Waals surface area contributed by atoms with Crippen molar-refractivity contribution >= 4 is 11.7 Å². The Morgan fingerprint density at radius 3 is 2.69 bits per heavy atom. The molecule has 0 unspecified atom stereocenters. The number of aromatic nitrogens is 2. The SMILES string of the molecule is COc1ccccc1CCNc1cc(C(=O)NCCN(C)C)nc(C)n1. The molecule has 7 heteroatoms. The average Bonchev–Trinajstić information content (AvgIpc) is 2.61. The van der Waals surface area contributed by atoms with Crippen molar-refractivity contribution in [3.63, 3.8) is 0 Å². The molecule has 0 spiro atoms. The van der Waals surface area contributed by atoms with Crippen molar-refractivity contribution in [2.75, 3.05) is 46.2 Å². The van der Waals surface area contributed by atoms with Crippen LogP contribution in [0.3, 0.4) is 0 Å². The largest absolute Gasteiger partial charge is 0.496 e. The Morgan fingerprint density at radius 2 is 1.96 bits per heavy atom. The van der Waals surface area contributed by atoms with Crippen LogP contribution in [0.2, 0.25) is 0 Å². The second-order valence-electron chi connectivity index (χ2n) is 6.23. The van der Waals surface area contributed by atoms with Crippen LogP contribution in [-0.4, -0.2) is 61.6 Å². The molecule has 0 saturated heterocycles. The zero-order valence-electron chi connectivity index (χ0n) is 15.9. The minimum Gasteiger partial charge on any atom is -0.496 e. The van der Waals surface area contributed by atoms with E-state index >= 15 is 0 Å². The highest BCUT2D eigenvalue weighted by molar-refractivity contribution is 5.92. The lowest BCUT2D eigenvalue weighted by atomic mass is 10.1. The number of anilines is 1. The number of methoxy groups -OCH3 is 1. The zero-order valence-corrected chi connectivity index (χ0v) is 15.9. The molecule has 0 aliphatic heterocycles. The summed E-state index contributed by atoms with van der Waals surface area (Å²) in [6.45, 7) is 3.81. The second kappa shape index (κ2) is 9.72. The molecule has 1 amide bonds. The number of nitrogens with one attached hydrogen (secondary N) is 2. The molecule has 0 aliphatic carbocycles. The molecule has 140 valence electrons. The van der Waals surface area contributed by atoms with Gasteiger partial charge in [0.15, 0.2) is 0 Å². The Morgan fingerprint density at radius 1 is 1.19 bits per heavy atom. The van der Waals surface area contributed by atoms with E-state index in [4.69, 9.17) is 4.74 Å². The fraction of sp³-hybridized carbons (Fsp3) is 0.421. The normalized spacial score (nSPS) is 10.7. The van der Waals surface area contributed by atoms with Gasteiger partial charge in [-0.15, -0.1) is 0 Å². The van der Waals surface area contributed by atoms with Crippen LogP contribution in [-0.2, 0) is 6.42 Å². The molecule has 1 aromatic heterocycles. The predicted octanol–water partition coefficient (Wildman–Crippen LogP) is 1.74. The number of nitrogens with zero attached hydrogens (tertiary/aromatic N) is 3. The molecule has 0 aliphatic rings. The van der Waals surface area contributed by atoms with Crippen LogP contribution in [0.4, 0.5) is 5.82 Å². The average molecular weight is 357 g/mol. The Hall–Kier alpha value is -2.67. The minimum atomic E-state index is -0.190. The first-order chi connectivity index (χ1) is 12.5. The third-order valence-corrected chi connectivity index (χ3v) is 3.81. The van der Waals surface area contributed by atoms with E-state index in [0.29, 0.717) is 30.4 Å². The summed E-state index contributed by atoms with van der Waals surface area (Å²) in [4.78, 5) is 22.8. The first kappa shape index (κ1) is 19.7. The van der Waals surface area contributed by atoms with Gasteiger partial charge in [0.05, 0.1) is 7.11 Å². The van der Waals surface area contributed by atoms with Crippen molar-refractivity contribution in [2.45, 2.75) is 13.3 Å². The monoisotopic (exact) mass is 357 g/mol. The van der Waals surface area contributed by atoms with Crippen molar-refractivity contribution in [3.05, 3.63) is 47.4 Å². The minimum absolute atomic E-state index is 0.190. The third-order valence-electron chi connectivity index (χ3n) is 3.81. The first-order valence-corrected chi connectivity index (χ1v) is 8.64. The van der Waals surface area contributed by atoms with Crippen LogP contribution < -0.4 is 15.4 Å². The Balaban J connectivity index is 1.95. The quantitative estimate of drug-likeness (QED) is 0.712. The first-order valence-electron chi connectivity index (χ1n) is 8.64. The molecule has 2 aromatic rings. The number of amides is 1. The highest BCUT2D eigenvalue weighted by Crippen LogP contribution is 2.17. The van der Waals surface area contributed by atoms with Gasteiger partial charge >= 0.3 is 0 Å². The molecule has 2 N–H and O–H groups in total. The van der Waals surface area contributed by atoms with Gasteiger partial charge in [-0.05, 0) is 39.1 Å². The molecule has 0 saturated carbocycles. The van der Waals surface area contributed by atoms with E-state index in [1.54, 1.807) is 20.1 Å². The molecule has 7 nitrogen and oxygen atoms in total. The van der Waals surface area contributed by atoms with E-state index in [-0.39, 0.29) is 5.91 Å². The summed E-state index contributed by atoms with van der Waals surface area (Å²) in [6.07, 6.45) is 0.789. The van der Waals surface area contributed by atoms with E-state index in [9.17, 15) is 4.79 Å². The molecular formula is C19H27N5O2. The van der Waals surface area contributed by atoms with Crippen molar-refractivity contribution in [2.24, 2.45) is 0 Å². The highest BCUT2D eigenvalue weighted by atomic mass is 16.5. The maximum atomic E-state index is 12.2. The maximum absolute atomic E-state index is 12.2. The van der Waals surface area contributed by atoms with Gasteiger partial charge in [-0.1, -0.05) is 18.2 Å². The van der Waals surface area contributed by atoms with Gasteiger partial charge in [-0.2, -0.15) is 0 Å². The molecule has 0 fully saturated rings. The lowest BCUT2D eigenvalue weighted by Crippen LogP contribution is -2.32. The Labute approximate surface area is 154 Å². The van der Waals surface area contributed by atoms with E-state index in [0.717, 1.165) is 24.3 Å². The van der Waals surface area contributed by atoms with E-state index in [2.05, 4.69) is 20.6 Å². The summed E-state index contributed by atoms with van der Waals surface area (Å²) in [6, 6.07) is 9.60. The number of aryl methyl sites for hydroxylation is 1. The van der Waals surface area contributed by atoms with Crippen LogP contribution in [0.1, 0.15) is 21.9 Å². The van der Waals surface area contributed by atoms with Gasteiger partial charge in [0.25, 0.3) is 5.91 Å². The lowest BCUT2D eigenvalue weighted by molar-refractivity contribution is 0.0945. The standard InChI is InChI=1S/C19H27N5O2/c1-14-22-16(19(25)21-11-12-24(2)3)13-18(23-14)20-10-9-15-7-5-6-8-17(15)26-4/h5-8,13H,9-12H2,1-4H3,(H,21,25)(H,20,22,23). The van der Waals surface area contributed by atoms with Crippen LogP contribution >= 0.6 is 0 Å². The summed E-state index contributed by atoms with van der Waals surface area (Å²) in [7, 11) is 5.59. The number of benzene rings is 1. The number of para-hydroxylation sites is 1. The van der Waals surface area contributed by atoms with Crippen molar-refractivity contribution in [1.82, 2.24) is 20.2 Å². The molecule has 26 heavy (non-hydrogen) atoms. The number of carbonyl (C=O) groups excluding carboxylic acids is 1. The summed E-state index contributed by atoms with van der Waals surface area (Å²) in [5.74, 6) is 1.88. The third kappa shape index (κ3) is 6.00. The molecule has 0 atom stereocenters. The summed E-state index contributed by atoms with van der Waals surface area (Å²) in [5.41, 5.74) is 1.49. The van der Waals surface area contributed by atoms with E-state index in [1.165, 1.54) is 0 Å². The molecule has 1 heterocycles. The van der Waals surface area contributed by atoms with Gasteiger partial charge in [0.1, 0.15) is 23.1 Å². The number of rotatable bonds is 9. The number of hydrogen-bond donors (Lipinski definition) is 2. The fourth-order valence-corrected chi connectivity index (χ4v) is 2.49. The topological polar surface area (TPSA) is 79.4 Å². The van der Waals surface area contributed by atoms with Crippen LogP contribution in [0.25, 0.3) is 0 Å². The van der Waals surface area contributed by atoms with Crippen molar-refractivity contribution < 1.29 is 9.53 Å². The van der Waals surface area contributed by atoms with Crippen molar-refractivity contribution in [3.8, 4) is 5.75 Å². The number of likely N-dealkylation sites (N-methyl/N-ethyl adjacent to an activating group) is 1. The van der Waals surface area contributed by atoms with Gasteiger partial charge in [0.2, 0.25) is 0 Å². The molecule has 0 bridgehead atoms. The van der Waals surface area contributed by atoms with E-state index in [1.807, 2.05) is 43.3 Å². The number of hydrogen-bond acceptors (Lipinski definition) is 6. The van der Waals surface area contributed by atoms with Gasteiger partial charge < -0.3 is 20.3 Å².